The van der Waals surface area contributed by atoms with Gasteiger partial charge in [0.1, 0.15) is 11.5 Å². The van der Waals surface area contributed by atoms with Crippen LogP contribution in [-0.2, 0) is 0 Å². The van der Waals surface area contributed by atoms with Crippen molar-refractivity contribution >= 4 is 11.5 Å². The van der Waals surface area contributed by atoms with Gasteiger partial charge in [0.25, 0.3) is 0 Å². The Morgan fingerprint density at radius 3 is 2.71 bits per heavy atom. The third-order valence-corrected chi connectivity index (χ3v) is 2.34. The first-order valence-corrected chi connectivity index (χ1v) is 5.62. The van der Waals surface area contributed by atoms with Crippen molar-refractivity contribution in [1.29, 1.82) is 5.41 Å². The molecule has 5 nitrogen and oxygen atoms in total. The van der Waals surface area contributed by atoms with Gasteiger partial charge in [0, 0.05) is 19.3 Å². The van der Waals surface area contributed by atoms with Gasteiger partial charge in [0.15, 0.2) is 0 Å². The molecule has 0 saturated carbocycles. The fourth-order valence-electron chi connectivity index (χ4n) is 1.69. The highest BCUT2D eigenvalue weighted by molar-refractivity contribution is 5.98. The van der Waals surface area contributed by atoms with Crippen LogP contribution in [0.15, 0.2) is 18.3 Å². The van der Waals surface area contributed by atoms with E-state index in [1.54, 1.807) is 26.1 Å². The van der Waals surface area contributed by atoms with Gasteiger partial charge in [-0.25, -0.2) is 0 Å². The molecule has 1 rings (SSSR count). The highest BCUT2D eigenvalue weighted by atomic mass is 16.3. The summed E-state index contributed by atoms with van der Waals surface area (Å²) in [5, 5.41) is 17.4. The lowest BCUT2D eigenvalue weighted by atomic mass is 10.1. The Balaban J connectivity index is 3.07. The number of amidine groups is 1. The SMILES string of the molecule is CCN(CC(C)(C)O)c1cccnc1C(=N)N. The molecule has 0 saturated heterocycles. The summed E-state index contributed by atoms with van der Waals surface area (Å²) < 4.78 is 0. The van der Waals surface area contributed by atoms with E-state index < -0.39 is 5.60 Å². The van der Waals surface area contributed by atoms with Crippen molar-refractivity contribution in [3.63, 3.8) is 0 Å². The molecule has 0 fully saturated rings. The van der Waals surface area contributed by atoms with Crippen LogP contribution in [0, 0.1) is 5.41 Å². The second-order valence-corrected chi connectivity index (χ2v) is 4.61. The van der Waals surface area contributed by atoms with Crippen LogP contribution in [0.5, 0.6) is 0 Å². The molecule has 1 aromatic rings. The predicted octanol–water partition coefficient (Wildman–Crippen LogP) is 0.963. The van der Waals surface area contributed by atoms with E-state index >= 15 is 0 Å². The number of hydrogen-bond acceptors (Lipinski definition) is 4. The molecule has 0 radical (unpaired) electrons. The number of anilines is 1. The zero-order valence-electron chi connectivity index (χ0n) is 10.6. The molecule has 0 aliphatic heterocycles. The van der Waals surface area contributed by atoms with Crippen molar-refractivity contribution in [3.05, 3.63) is 24.0 Å². The molecule has 0 atom stereocenters. The van der Waals surface area contributed by atoms with E-state index in [0.717, 1.165) is 12.2 Å². The number of nitrogens with one attached hydrogen (secondary N) is 1. The molecule has 94 valence electrons. The monoisotopic (exact) mass is 236 g/mol. The fourth-order valence-corrected chi connectivity index (χ4v) is 1.69. The van der Waals surface area contributed by atoms with E-state index in [0.29, 0.717) is 12.2 Å². The maximum atomic E-state index is 9.86. The number of hydrogen-bond donors (Lipinski definition) is 3. The highest BCUT2D eigenvalue weighted by Crippen LogP contribution is 2.20. The zero-order chi connectivity index (χ0) is 13.1. The number of aliphatic hydroxyl groups is 1. The molecule has 0 aliphatic carbocycles. The highest BCUT2D eigenvalue weighted by Gasteiger charge is 2.20. The second kappa shape index (κ2) is 5.14. The molecule has 0 bridgehead atoms. The number of likely N-dealkylation sites (N-methyl/N-ethyl adjacent to an activating group) is 1. The molecule has 4 N–H and O–H groups in total. The van der Waals surface area contributed by atoms with Gasteiger partial charge in [0.2, 0.25) is 0 Å². The normalized spacial score (nSPS) is 11.3. The third-order valence-electron chi connectivity index (χ3n) is 2.34. The van der Waals surface area contributed by atoms with Gasteiger partial charge in [-0.3, -0.25) is 10.4 Å². The molecule has 0 aromatic carbocycles. The molecule has 1 aromatic heterocycles. The van der Waals surface area contributed by atoms with Gasteiger partial charge >= 0.3 is 0 Å². The number of pyridine rings is 1. The molecular weight excluding hydrogens is 216 g/mol. The topological polar surface area (TPSA) is 86.2 Å². The fraction of sp³-hybridized carbons (Fsp3) is 0.500. The largest absolute Gasteiger partial charge is 0.389 e. The molecule has 0 spiro atoms. The van der Waals surface area contributed by atoms with Gasteiger partial charge in [-0.05, 0) is 32.9 Å². The summed E-state index contributed by atoms with van der Waals surface area (Å²) in [5.41, 5.74) is 5.94. The minimum atomic E-state index is -0.806. The van der Waals surface area contributed by atoms with Gasteiger partial charge in [-0.15, -0.1) is 0 Å². The summed E-state index contributed by atoms with van der Waals surface area (Å²) in [5.74, 6) is -0.0604. The van der Waals surface area contributed by atoms with Crippen molar-refractivity contribution in [2.24, 2.45) is 5.73 Å². The number of nitrogens with zero attached hydrogens (tertiary/aromatic N) is 2. The van der Waals surface area contributed by atoms with E-state index in [1.165, 1.54) is 0 Å². The molecular formula is C12H20N4O. The third kappa shape index (κ3) is 3.71. The van der Waals surface area contributed by atoms with Crippen molar-refractivity contribution in [2.75, 3.05) is 18.0 Å². The summed E-state index contributed by atoms with van der Waals surface area (Å²) in [4.78, 5) is 6.07. The van der Waals surface area contributed by atoms with Crippen LogP contribution in [0.3, 0.4) is 0 Å². The summed E-state index contributed by atoms with van der Waals surface area (Å²) in [6.07, 6.45) is 1.61. The minimum absolute atomic E-state index is 0.0604. The first-order valence-electron chi connectivity index (χ1n) is 5.62. The molecule has 0 aliphatic rings. The van der Waals surface area contributed by atoms with Gasteiger partial charge in [-0.2, -0.15) is 0 Å². The van der Waals surface area contributed by atoms with Crippen molar-refractivity contribution in [1.82, 2.24) is 4.98 Å². The maximum absolute atomic E-state index is 9.86. The molecule has 0 amide bonds. The Morgan fingerprint density at radius 1 is 1.59 bits per heavy atom. The molecule has 0 unspecified atom stereocenters. The van der Waals surface area contributed by atoms with Gasteiger partial charge in [-0.1, -0.05) is 0 Å². The van der Waals surface area contributed by atoms with E-state index in [-0.39, 0.29) is 5.84 Å². The van der Waals surface area contributed by atoms with Crippen molar-refractivity contribution < 1.29 is 5.11 Å². The van der Waals surface area contributed by atoms with E-state index in [9.17, 15) is 5.11 Å². The predicted molar refractivity (Wildman–Crippen MR) is 69.4 cm³/mol. The first kappa shape index (κ1) is 13.4. The van der Waals surface area contributed by atoms with Crippen LogP contribution in [-0.4, -0.2) is 34.6 Å². The number of rotatable bonds is 5. The number of nitrogens with two attached hydrogens (primary N) is 1. The van der Waals surface area contributed by atoms with E-state index in [4.69, 9.17) is 11.1 Å². The average Bonchev–Trinajstić information content (AvgIpc) is 2.24. The quantitative estimate of drug-likeness (QED) is 0.525. The lowest BCUT2D eigenvalue weighted by Gasteiger charge is -2.30. The smallest absolute Gasteiger partial charge is 0.143 e. The minimum Gasteiger partial charge on any atom is -0.389 e. The Hall–Kier alpha value is -1.62. The second-order valence-electron chi connectivity index (χ2n) is 4.61. The summed E-state index contributed by atoms with van der Waals surface area (Å²) in [6, 6.07) is 3.66. The molecule has 17 heavy (non-hydrogen) atoms. The Morgan fingerprint density at radius 2 is 2.24 bits per heavy atom. The zero-order valence-corrected chi connectivity index (χ0v) is 10.6. The Kier molecular flexibility index (Phi) is 4.07. The summed E-state index contributed by atoms with van der Waals surface area (Å²) >= 11 is 0. The standard InChI is InChI=1S/C12H20N4O/c1-4-16(8-12(2,3)17)9-6-5-7-15-10(9)11(13)14/h5-7,17H,4,8H2,1-3H3,(H3,13,14). The van der Waals surface area contributed by atoms with Crippen molar-refractivity contribution in [3.8, 4) is 0 Å². The van der Waals surface area contributed by atoms with Gasteiger partial charge < -0.3 is 15.7 Å². The van der Waals surface area contributed by atoms with Gasteiger partial charge in [0.05, 0.1) is 11.3 Å². The maximum Gasteiger partial charge on any atom is 0.143 e. The lowest BCUT2D eigenvalue weighted by Crippen LogP contribution is -2.39. The Labute approximate surface area is 102 Å². The average molecular weight is 236 g/mol. The van der Waals surface area contributed by atoms with Crippen LogP contribution in [0.25, 0.3) is 0 Å². The van der Waals surface area contributed by atoms with Crippen molar-refractivity contribution in [2.45, 2.75) is 26.4 Å². The molecule has 5 heteroatoms. The summed E-state index contributed by atoms with van der Waals surface area (Å²) in [7, 11) is 0. The number of nitrogen functional groups attached to an aromatic ring is 1. The van der Waals surface area contributed by atoms with Crippen LogP contribution in [0.4, 0.5) is 5.69 Å². The summed E-state index contributed by atoms with van der Waals surface area (Å²) in [6.45, 7) is 6.67. The molecule has 1 heterocycles. The van der Waals surface area contributed by atoms with Crippen LogP contribution in [0.2, 0.25) is 0 Å². The van der Waals surface area contributed by atoms with Crippen LogP contribution < -0.4 is 10.6 Å². The van der Waals surface area contributed by atoms with E-state index in [1.807, 2.05) is 17.9 Å². The van der Waals surface area contributed by atoms with Crippen LogP contribution in [0.1, 0.15) is 26.5 Å². The lowest BCUT2D eigenvalue weighted by molar-refractivity contribution is 0.0876. The number of aromatic nitrogens is 1. The Bertz CT molecular complexity index is 398. The first-order chi connectivity index (χ1) is 7.85. The van der Waals surface area contributed by atoms with E-state index in [2.05, 4.69) is 4.98 Å². The van der Waals surface area contributed by atoms with Crippen LogP contribution >= 0.6 is 0 Å².